The summed E-state index contributed by atoms with van der Waals surface area (Å²) < 4.78 is 33.7. The minimum absolute atomic E-state index is 0.0690. The van der Waals surface area contributed by atoms with Crippen LogP contribution in [0.5, 0.6) is 0 Å². The van der Waals surface area contributed by atoms with E-state index in [1.165, 1.54) is 25.7 Å². The molecule has 0 heterocycles. The van der Waals surface area contributed by atoms with Gasteiger partial charge in [0.05, 0.1) is 33.9 Å². The molecule has 0 rings (SSSR count). The lowest BCUT2D eigenvalue weighted by Gasteiger charge is -2.28. The molecule has 354 valence electrons. The maximum absolute atomic E-state index is 12.7. The number of phosphoric ester groups is 1. The second kappa shape index (κ2) is 42.1. The Morgan fingerprint density at radius 2 is 1.10 bits per heavy atom. The van der Waals surface area contributed by atoms with Gasteiger partial charge in [0.25, 0.3) is 7.82 Å². The molecule has 0 radical (unpaired) electrons. The lowest BCUT2D eigenvalue weighted by Crippen LogP contribution is -2.37. The number of allylic oxidation sites excluding steroid dienone is 20. The van der Waals surface area contributed by atoms with Crippen LogP contribution in [0.3, 0.4) is 0 Å². The van der Waals surface area contributed by atoms with Crippen molar-refractivity contribution >= 4 is 19.8 Å². The Labute approximate surface area is 382 Å². The van der Waals surface area contributed by atoms with E-state index in [0.717, 1.165) is 51.4 Å². The van der Waals surface area contributed by atoms with Crippen LogP contribution in [0.4, 0.5) is 0 Å². The van der Waals surface area contributed by atoms with E-state index in [0.29, 0.717) is 30.3 Å². The Kier molecular flexibility index (Phi) is 39.5. The van der Waals surface area contributed by atoms with E-state index in [2.05, 4.69) is 86.8 Å². The number of nitrogens with zero attached hydrogens (tertiary/aromatic N) is 1. The number of aliphatic hydroxyl groups is 1. The number of phosphoric acid groups is 1. The number of rotatable bonds is 39. The van der Waals surface area contributed by atoms with Crippen molar-refractivity contribution in [3.8, 4) is 0 Å². The summed E-state index contributed by atoms with van der Waals surface area (Å²) >= 11 is 0. The second-order valence-electron chi connectivity index (χ2n) is 15.9. The summed E-state index contributed by atoms with van der Waals surface area (Å²) in [6, 6.07) is 0. The molecule has 10 nitrogen and oxygen atoms in total. The van der Waals surface area contributed by atoms with E-state index in [1.807, 2.05) is 75.8 Å². The minimum atomic E-state index is -4.68. The van der Waals surface area contributed by atoms with E-state index >= 15 is 0 Å². The number of carbonyl (C=O) groups is 2. The van der Waals surface area contributed by atoms with Crippen molar-refractivity contribution in [2.45, 2.75) is 135 Å². The van der Waals surface area contributed by atoms with Crippen molar-refractivity contribution in [1.82, 2.24) is 0 Å². The smallest absolute Gasteiger partial charge is 0.306 e. The summed E-state index contributed by atoms with van der Waals surface area (Å²) in [6.07, 6.45) is 57.0. The molecular weight excluding hydrogens is 814 g/mol. The normalized spacial score (nSPS) is 15.2. The van der Waals surface area contributed by atoms with Crippen LogP contribution in [-0.4, -0.2) is 81.2 Å². The fourth-order valence-corrected chi connectivity index (χ4v) is 5.89. The SMILES string of the molecule is CC/C=C\CC(O)/C=C/C=C/C/C=C\C/C=C\C/C=C\CCC(=O)OC[C@H](COP(=O)([O-])OCC[N+](C)(C)C)OC(=O)CC/C=C\C/C=C\C/C=C\C/C=C\C/C=C\CCCCC. The first kappa shape index (κ1) is 59.1. The third kappa shape index (κ3) is 45.9. The first-order valence-electron chi connectivity index (χ1n) is 23.0. The van der Waals surface area contributed by atoms with Gasteiger partial charge >= 0.3 is 11.9 Å². The molecule has 11 heteroatoms. The quantitative estimate of drug-likeness (QED) is 0.0160. The maximum Gasteiger partial charge on any atom is 0.306 e. The fourth-order valence-electron chi connectivity index (χ4n) is 5.16. The van der Waals surface area contributed by atoms with Crippen LogP contribution in [0.2, 0.25) is 0 Å². The second-order valence-corrected chi connectivity index (χ2v) is 17.3. The maximum atomic E-state index is 12.7. The zero-order valence-corrected chi connectivity index (χ0v) is 40.2. The molecule has 0 aliphatic heterocycles. The summed E-state index contributed by atoms with van der Waals surface area (Å²) in [5, 5.41) is 9.85. The molecule has 0 fully saturated rings. The van der Waals surface area contributed by atoms with Crippen molar-refractivity contribution in [3.05, 3.63) is 134 Å². The predicted octanol–water partition coefficient (Wildman–Crippen LogP) is 11.8. The topological polar surface area (TPSA) is 131 Å². The van der Waals surface area contributed by atoms with Gasteiger partial charge in [0.15, 0.2) is 6.10 Å². The molecule has 0 aliphatic carbocycles. The molecule has 0 saturated heterocycles. The van der Waals surface area contributed by atoms with Crippen LogP contribution in [0.15, 0.2) is 134 Å². The number of aliphatic hydroxyl groups excluding tert-OH is 1. The number of hydrogen-bond donors (Lipinski definition) is 1. The van der Waals surface area contributed by atoms with Gasteiger partial charge in [-0.3, -0.25) is 14.2 Å². The van der Waals surface area contributed by atoms with Gasteiger partial charge in [0, 0.05) is 12.8 Å². The number of carbonyl (C=O) groups excluding carboxylic acids is 2. The lowest BCUT2D eigenvalue weighted by atomic mass is 10.2. The molecule has 0 spiro atoms. The molecule has 0 aromatic rings. The van der Waals surface area contributed by atoms with Gasteiger partial charge in [-0.05, 0) is 83.5 Å². The highest BCUT2D eigenvalue weighted by atomic mass is 31.2. The average molecular weight is 896 g/mol. The molecular formula is C52H82NO9P. The number of likely N-dealkylation sites (N-methyl/N-ethyl adjacent to an activating group) is 1. The predicted molar refractivity (Wildman–Crippen MR) is 260 cm³/mol. The third-order valence-corrected chi connectivity index (χ3v) is 9.73. The van der Waals surface area contributed by atoms with Crippen molar-refractivity contribution in [2.75, 3.05) is 47.5 Å². The first-order valence-corrected chi connectivity index (χ1v) is 24.5. The van der Waals surface area contributed by atoms with E-state index in [-0.39, 0.29) is 26.1 Å². The van der Waals surface area contributed by atoms with Crippen LogP contribution in [0.1, 0.15) is 123 Å². The summed E-state index contributed by atoms with van der Waals surface area (Å²) in [7, 11) is 1.03. The highest BCUT2D eigenvalue weighted by molar-refractivity contribution is 7.45. The van der Waals surface area contributed by atoms with Crippen LogP contribution in [-0.2, 0) is 32.7 Å². The number of unbranched alkanes of at least 4 members (excludes halogenated alkanes) is 3. The van der Waals surface area contributed by atoms with Gasteiger partial charge in [0.1, 0.15) is 19.8 Å². The summed E-state index contributed by atoms with van der Waals surface area (Å²) in [6.45, 7) is 3.77. The van der Waals surface area contributed by atoms with E-state index < -0.39 is 38.6 Å². The molecule has 2 unspecified atom stereocenters. The number of ether oxygens (including phenoxy) is 2. The summed E-state index contributed by atoms with van der Waals surface area (Å²) in [4.78, 5) is 37.5. The third-order valence-electron chi connectivity index (χ3n) is 8.76. The Balaban J connectivity index is 4.64. The Hall–Kier alpha value is -3.89. The van der Waals surface area contributed by atoms with Gasteiger partial charge in [-0.15, -0.1) is 0 Å². The largest absolute Gasteiger partial charge is 0.756 e. The van der Waals surface area contributed by atoms with Crippen molar-refractivity contribution in [3.63, 3.8) is 0 Å². The molecule has 0 saturated carbocycles. The standard InChI is InChI=1S/C52H82NO9P/c1-6-8-10-11-12-13-14-15-16-17-18-19-20-23-27-30-33-36-40-44-52(56)62-50(48-61-63(57,58)60-46-45-53(3,4)5)47-59-51(55)43-39-35-32-29-26-24-21-22-25-28-31-34-38-42-49(54)41-37-9-7-2/h9,12-13,15-16,18-19,22-27,31-38,42,49-50,54H,6-8,10-11,14,17,20-21,28-30,39-41,43-48H2,1-5H3/b13-12-,16-15-,19-18-,25-22-,26-24-,27-23-,34-31+,35-32-,36-33-,37-9-,42-38+/t49?,50-/m1/s1. The fraction of sp³-hybridized carbons (Fsp3) is 0.538. The van der Waals surface area contributed by atoms with Crippen LogP contribution < -0.4 is 4.89 Å². The molecule has 0 bridgehead atoms. The molecule has 3 atom stereocenters. The van der Waals surface area contributed by atoms with E-state index in [1.54, 1.807) is 6.08 Å². The number of quaternary nitrogens is 1. The molecule has 0 amide bonds. The van der Waals surface area contributed by atoms with Crippen LogP contribution in [0.25, 0.3) is 0 Å². The van der Waals surface area contributed by atoms with Gasteiger partial charge in [-0.1, -0.05) is 160 Å². The Bertz CT molecular complexity index is 1540. The molecule has 0 aromatic heterocycles. The average Bonchev–Trinajstić information content (AvgIpc) is 3.23. The van der Waals surface area contributed by atoms with Crippen molar-refractivity contribution in [2.24, 2.45) is 0 Å². The van der Waals surface area contributed by atoms with Crippen molar-refractivity contribution in [1.29, 1.82) is 0 Å². The Morgan fingerprint density at radius 1 is 0.603 bits per heavy atom. The van der Waals surface area contributed by atoms with Gasteiger partial charge in [-0.2, -0.15) is 0 Å². The number of esters is 2. The van der Waals surface area contributed by atoms with E-state index in [9.17, 15) is 24.2 Å². The van der Waals surface area contributed by atoms with Gasteiger partial charge in [0.2, 0.25) is 0 Å². The lowest BCUT2D eigenvalue weighted by molar-refractivity contribution is -0.870. The zero-order chi connectivity index (χ0) is 46.5. The molecule has 0 aliphatic rings. The van der Waals surface area contributed by atoms with E-state index in [4.69, 9.17) is 18.5 Å². The summed E-state index contributed by atoms with van der Waals surface area (Å²) in [5.74, 6) is -1.07. The first-order chi connectivity index (χ1) is 30.4. The zero-order valence-electron chi connectivity index (χ0n) is 39.3. The van der Waals surface area contributed by atoms with Crippen LogP contribution in [0, 0.1) is 0 Å². The monoisotopic (exact) mass is 896 g/mol. The highest BCUT2D eigenvalue weighted by Gasteiger charge is 2.21. The van der Waals surface area contributed by atoms with Crippen LogP contribution >= 0.6 is 7.82 Å². The Morgan fingerprint density at radius 3 is 1.60 bits per heavy atom. The number of hydrogen-bond acceptors (Lipinski definition) is 9. The molecule has 1 N–H and O–H groups in total. The molecule has 0 aromatic carbocycles. The minimum Gasteiger partial charge on any atom is -0.756 e. The highest BCUT2D eigenvalue weighted by Crippen LogP contribution is 2.38. The van der Waals surface area contributed by atoms with Crippen molar-refractivity contribution < 1.29 is 47.2 Å². The summed E-state index contributed by atoms with van der Waals surface area (Å²) in [5.41, 5.74) is 0. The van der Waals surface area contributed by atoms with Gasteiger partial charge in [-0.25, -0.2) is 0 Å². The molecule has 63 heavy (non-hydrogen) atoms. The van der Waals surface area contributed by atoms with Gasteiger partial charge < -0.3 is 33.0 Å².